The van der Waals surface area contributed by atoms with Crippen molar-refractivity contribution in [1.29, 1.82) is 0 Å². The zero-order chi connectivity index (χ0) is 11.9. The molecule has 16 heavy (non-hydrogen) atoms. The summed E-state index contributed by atoms with van der Waals surface area (Å²) in [6, 6.07) is 0. The molecule has 0 radical (unpaired) electrons. The lowest BCUT2D eigenvalue weighted by atomic mass is 10.1. The number of hydrogen-bond donors (Lipinski definition) is 3. The van der Waals surface area contributed by atoms with Gasteiger partial charge in [0, 0.05) is 6.54 Å². The quantitative estimate of drug-likeness (QED) is 0.375. The highest BCUT2D eigenvalue weighted by Gasteiger charge is 1.87. The average Bonchev–Trinajstić information content (AvgIpc) is 2.31. The van der Waals surface area contributed by atoms with Gasteiger partial charge in [-0.05, 0) is 45.0 Å². The third-order valence-corrected chi connectivity index (χ3v) is 2.26. The van der Waals surface area contributed by atoms with Crippen LogP contribution < -0.4 is 10.6 Å². The fraction of sp³-hybridized carbons (Fsp3) is 0.692. The highest BCUT2D eigenvalue weighted by molar-refractivity contribution is 4.79. The number of nitrogens with one attached hydrogen (secondary N) is 2. The smallest absolute Gasteiger partial charge is 0.112 e. The molecule has 0 aliphatic rings. The van der Waals surface area contributed by atoms with E-state index in [1.807, 2.05) is 12.4 Å². The lowest BCUT2D eigenvalue weighted by Crippen LogP contribution is -2.04. The monoisotopic (exact) mass is 226 g/mol. The molecular weight excluding hydrogens is 200 g/mol. The molecule has 0 fully saturated rings. The number of allylic oxidation sites excluding steroid dienone is 2. The molecular formula is C13H26N2O. The first-order chi connectivity index (χ1) is 7.91. The van der Waals surface area contributed by atoms with Crippen LogP contribution in [0, 0.1) is 0 Å². The van der Waals surface area contributed by atoms with Gasteiger partial charge in [-0.3, -0.25) is 0 Å². The first-order valence-electron chi connectivity index (χ1n) is 6.29. The van der Waals surface area contributed by atoms with E-state index in [0.29, 0.717) is 0 Å². The van der Waals surface area contributed by atoms with Gasteiger partial charge in [-0.2, -0.15) is 0 Å². The number of aliphatic hydroxyl groups excluding tert-OH is 1. The maximum absolute atomic E-state index is 8.45. The van der Waals surface area contributed by atoms with Crippen LogP contribution in [-0.2, 0) is 0 Å². The third kappa shape index (κ3) is 13.0. The van der Waals surface area contributed by atoms with Crippen LogP contribution >= 0.6 is 0 Å². The van der Waals surface area contributed by atoms with Crippen molar-refractivity contribution in [3.8, 4) is 0 Å². The molecule has 0 rings (SSSR count). The Morgan fingerprint density at radius 3 is 1.94 bits per heavy atom. The maximum Gasteiger partial charge on any atom is 0.112 e. The summed E-state index contributed by atoms with van der Waals surface area (Å²) in [7, 11) is 0. The summed E-state index contributed by atoms with van der Waals surface area (Å²) >= 11 is 0. The van der Waals surface area contributed by atoms with Crippen LogP contribution in [0.1, 0.15) is 45.4 Å². The fourth-order valence-corrected chi connectivity index (χ4v) is 1.38. The number of rotatable bonds is 11. The summed E-state index contributed by atoms with van der Waals surface area (Å²) < 4.78 is 0. The first kappa shape index (κ1) is 15.0. The van der Waals surface area contributed by atoms with E-state index >= 15 is 0 Å². The second-order valence-electron chi connectivity index (χ2n) is 3.72. The summed E-state index contributed by atoms with van der Waals surface area (Å²) in [5.41, 5.74) is 0. The molecule has 0 spiro atoms. The summed E-state index contributed by atoms with van der Waals surface area (Å²) in [5, 5.41) is 14.4. The van der Waals surface area contributed by atoms with Crippen molar-refractivity contribution in [2.75, 3.05) is 13.3 Å². The van der Waals surface area contributed by atoms with Crippen molar-refractivity contribution >= 4 is 0 Å². The maximum atomic E-state index is 8.45. The van der Waals surface area contributed by atoms with E-state index in [-0.39, 0.29) is 6.73 Å². The van der Waals surface area contributed by atoms with Crippen molar-refractivity contribution in [2.45, 2.75) is 45.4 Å². The molecule has 94 valence electrons. The molecule has 3 heteroatoms. The van der Waals surface area contributed by atoms with Crippen molar-refractivity contribution in [3.63, 3.8) is 0 Å². The molecule has 0 aliphatic heterocycles. The number of hydrogen-bond acceptors (Lipinski definition) is 3. The Labute approximate surface area is 99.6 Å². The Morgan fingerprint density at radius 1 is 0.875 bits per heavy atom. The Kier molecular flexibility index (Phi) is 13.2. The molecule has 0 aromatic heterocycles. The van der Waals surface area contributed by atoms with E-state index in [1.165, 1.54) is 32.1 Å². The molecule has 0 unspecified atom stereocenters. The van der Waals surface area contributed by atoms with E-state index in [1.54, 1.807) is 0 Å². The van der Waals surface area contributed by atoms with E-state index < -0.39 is 0 Å². The van der Waals surface area contributed by atoms with Crippen LogP contribution in [0.25, 0.3) is 0 Å². The zero-order valence-corrected chi connectivity index (χ0v) is 10.4. The standard InChI is InChI=1S/C13H26N2O/c1-2-14-11-9-7-5-3-4-6-8-10-12-15-13-16/h9-12,14-16H,2-8,13H2,1H3. The average molecular weight is 226 g/mol. The molecule has 0 aliphatic carbocycles. The first-order valence-corrected chi connectivity index (χ1v) is 6.29. The van der Waals surface area contributed by atoms with Gasteiger partial charge in [-0.25, -0.2) is 0 Å². The molecule has 0 atom stereocenters. The number of aliphatic hydroxyl groups is 1. The number of unbranched alkanes of at least 4 members (excludes halogenated alkanes) is 5. The summed E-state index contributed by atoms with van der Waals surface area (Å²) in [5.74, 6) is 0. The van der Waals surface area contributed by atoms with Crippen LogP contribution in [0.5, 0.6) is 0 Å². The summed E-state index contributed by atoms with van der Waals surface area (Å²) in [6.45, 7) is 3.13. The Hall–Kier alpha value is -0.960. The molecule has 3 N–H and O–H groups in total. The van der Waals surface area contributed by atoms with E-state index in [4.69, 9.17) is 5.11 Å². The molecule has 3 nitrogen and oxygen atoms in total. The second-order valence-corrected chi connectivity index (χ2v) is 3.72. The Bertz CT molecular complexity index is 159. The van der Waals surface area contributed by atoms with Gasteiger partial charge in [-0.1, -0.05) is 25.0 Å². The predicted octanol–water partition coefficient (Wildman–Crippen LogP) is 2.50. The summed E-state index contributed by atoms with van der Waals surface area (Å²) in [4.78, 5) is 0. The predicted molar refractivity (Wildman–Crippen MR) is 69.9 cm³/mol. The largest absolute Gasteiger partial charge is 0.391 e. The molecule has 0 saturated heterocycles. The van der Waals surface area contributed by atoms with Gasteiger partial charge < -0.3 is 15.7 Å². The summed E-state index contributed by atoms with van der Waals surface area (Å²) in [6.07, 6.45) is 15.5. The topological polar surface area (TPSA) is 44.3 Å². The van der Waals surface area contributed by atoms with Crippen molar-refractivity contribution in [2.24, 2.45) is 0 Å². The van der Waals surface area contributed by atoms with Gasteiger partial charge in [-0.15, -0.1) is 0 Å². The third-order valence-electron chi connectivity index (χ3n) is 2.26. The highest BCUT2D eigenvalue weighted by Crippen LogP contribution is 2.05. The minimum absolute atomic E-state index is 0.0225. The lowest BCUT2D eigenvalue weighted by Gasteiger charge is -1.97. The minimum Gasteiger partial charge on any atom is -0.391 e. The normalized spacial score (nSPS) is 11.4. The second kappa shape index (κ2) is 14.0. The Morgan fingerprint density at radius 2 is 1.44 bits per heavy atom. The van der Waals surface area contributed by atoms with E-state index in [2.05, 4.69) is 29.7 Å². The van der Waals surface area contributed by atoms with Gasteiger partial charge >= 0.3 is 0 Å². The van der Waals surface area contributed by atoms with Crippen molar-refractivity contribution in [1.82, 2.24) is 10.6 Å². The van der Waals surface area contributed by atoms with Crippen LogP contribution in [0.3, 0.4) is 0 Å². The molecule has 0 amide bonds. The minimum atomic E-state index is 0.0225. The van der Waals surface area contributed by atoms with Gasteiger partial charge in [0.25, 0.3) is 0 Å². The molecule has 0 aromatic carbocycles. The lowest BCUT2D eigenvalue weighted by molar-refractivity contribution is 0.279. The van der Waals surface area contributed by atoms with Gasteiger partial charge in [0.1, 0.15) is 6.73 Å². The van der Waals surface area contributed by atoms with E-state index in [0.717, 1.165) is 13.0 Å². The van der Waals surface area contributed by atoms with Crippen molar-refractivity contribution in [3.05, 3.63) is 24.6 Å². The van der Waals surface area contributed by atoms with Gasteiger partial charge in [0.05, 0.1) is 0 Å². The molecule has 0 aromatic rings. The van der Waals surface area contributed by atoms with E-state index in [9.17, 15) is 0 Å². The van der Waals surface area contributed by atoms with Crippen LogP contribution in [0.4, 0.5) is 0 Å². The molecule has 0 bridgehead atoms. The zero-order valence-electron chi connectivity index (χ0n) is 10.4. The molecule has 0 saturated carbocycles. The van der Waals surface area contributed by atoms with Gasteiger partial charge in [0.2, 0.25) is 0 Å². The SMILES string of the molecule is CCNC=CCCCCCCC=CNCO. The van der Waals surface area contributed by atoms with Crippen LogP contribution in [0.15, 0.2) is 24.6 Å². The molecule has 0 heterocycles. The highest BCUT2D eigenvalue weighted by atomic mass is 16.3. The van der Waals surface area contributed by atoms with Crippen LogP contribution in [-0.4, -0.2) is 18.4 Å². The van der Waals surface area contributed by atoms with Gasteiger partial charge in [0.15, 0.2) is 0 Å². The van der Waals surface area contributed by atoms with Crippen LogP contribution in [0.2, 0.25) is 0 Å². The fourth-order valence-electron chi connectivity index (χ4n) is 1.38. The Balaban J connectivity index is 3.04. The van der Waals surface area contributed by atoms with Crippen molar-refractivity contribution < 1.29 is 5.11 Å².